The molecule has 1 aromatic carbocycles. The lowest BCUT2D eigenvalue weighted by molar-refractivity contribution is -0.139. The fourth-order valence-electron chi connectivity index (χ4n) is 4.15. The molecule has 0 aliphatic carbocycles. The van der Waals surface area contributed by atoms with Gasteiger partial charge in [0.25, 0.3) is 0 Å². The van der Waals surface area contributed by atoms with Crippen molar-refractivity contribution >= 4 is 29.6 Å². The molecule has 2 heterocycles. The van der Waals surface area contributed by atoms with E-state index in [1.165, 1.54) is 0 Å². The van der Waals surface area contributed by atoms with Gasteiger partial charge >= 0.3 is 12.1 Å². The van der Waals surface area contributed by atoms with Crippen molar-refractivity contribution in [2.45, 2.75) is 44.6 Å². The van der Waals surface area contributed by atoms with Crippen LogP contribution in [0.2, 0.25) is 0 Å². The van der Waals surface area contributed by atoms with E-state index in [1.807, 2.05) is 31.2 Å². The zero-order valence-corrected chi connectivity index (χ0v) is 20.1. The molecule has 6 N–H and O–H groups in total. The lowest BCUT2D eigenvalue weighted by Crippen LogP contribution is -2.51. The molecule has 11 heteroatoms. The van der Waals surface area contributed by atoms with Gasteiger partial charge in [0.1, 0.15) is 6.04 Å². The number of carboxylic acid groups (broad SMARTS) is 1. The van der Waals surface area contributed by atoms with E-state index in [9.17, 15) is 19.5 Å². The summed E-state index contributed by atoms with van der Waals surface area (Å²) in [6, 6.07) is 6.64. The molecule has 0 bridgehead atoms. The van der Waals surface area contributed by atoms with E-state index < -0.39 is 18.1 Å². The minimum atomic E-state index is -1.27. The lowest BCUT2D eigenvalue weighted by atomic mass is 9.80. The normalized spacial score (nSPS) is 20.5. The van der Waals surface area contributed by atoms with E-state index in [-0.39, 0.29) is 30.9 Å². The molecule has 1 fully saturated rings. The Morgan fingerprint density at radius 1 is 1.29 bits per heavy atom. The number of aliphatic imine (C=N–C) groups is 1. The monoisotopic (exact) mass is 488 g/mol. The van der Waals surface area contributed by atoms with Crippen molar-refractivity contribution in [1.82, 2.24) is 21.3 Å². The highest BCUT2D eigenvalue weighted by Gasteiger charge is 2.33. The van der Waals surface area contributed by atoms with Crippen LogP contribution in [0.15, 0.2) is 29.3 Å². The van der Waals surface area contributed by atoms with Crippen LogP contribution >= 0.6 is 0 Å². The van der Waals surface area contributed by atoms with Gasteiger partial charge in [-0.3, -0.25) is 9.79 Å². The fraction of sp³-hybridized carbons (Fsp3) is 0.583. The van der Waals surface area contributed by atoms with Crippen LogP contribution in [0, 0.1) is 5.92 Å². The quantitative estimate of drug-likeness (QED) is 0.269. The molecule has 2 aliphatic rings. The van der Waals surface area contributed by atoms with Crippen molar-refractivity contribution in [2.24, 2.45) is 10.9 Å². The predicted molar refractivity (Wildman–Crippen MR) is 133 cm³/mol. The Hall–Kier alpha value is -3.34. The number of alkyl carbamates (subject to hydrolysis) is 1. The second-order valence-electron chi connectivity index (χ2n) is 8.74. The van der Waals surface area contributed by atoms with E-state index in [0.717, 1.165) is 43.1 Å². The van der Waals surface area contributed by atoms with E-state index >= 15 is 0 Å². The zero-order chi connectivity index (χ0) is 25.0. The first-order valence-corrected chi connectivity index (χ1v) is 12.3. The van der Waals surface area contributed by atoms with Gasteiger partial charge in [0.05, 0.1) is 6.61 Å². The van der Waals surface area contributed by atoms with Crippen LogP contribution in [0.5, 0.6) is 0 Å². The standard InChI is InChI=1S/C24H36N6O5/c1-2-3-12-35-24(34)30-20(22(32)33)15-28-21(31)18-8-11-25-14-19(18)16-6-4-7-17(13-16)29-23-26-9-5-10-27-23/h4,6-7,13,18-20,25H,2-3,5,8-12,14-15H2,1H3,(H,28,31)(H,30,34)(H,32,33)(H2,26,27,29)/t18?,19?,20-/m0/s1. The van der Waals surface area contributed by atoms with Crippen LogP contribution in [-0.2, 0) is 14.3 Å². The Bertz CT molecular complexity index is 908. The number of ether oxygens (including phenoxy) is 1. The summed E-state index contributed by atoms with van der Waals surface area (Å²) in [7, 11) is 0. The first-order valence-electron chi connectivity index (χ1n) is 12.3. The molecular weight excluding hydrogens is 452 g/mol. The minimum absolute atomic E-state index is 0.0815. The summed E-state index contributed by atoms with van der Waals surface area (Å²) in [5, 5.41) is 24.4. The number of carboxylic acids is 1. The second-order valence-corrected chi connectivity index (χ2v) is 8.74. The number of nitrogens with zero attached hydrogens (tertiary/aromatic N) is 1. The molecule has 2 amide bonds. The summed E-state index contributed by atoms with van der Waals surface area (Å²) >= 11 is 0. The summed E-state index contributed by atoms with van der Waals surface area (Å²) in [4.78, 5) is 41.0. The smallest absolute Gasteiger partial charge is 0.407 e. The Balaban J connectivity index is 1.60. The van der Waals surface area contributed by atoms with Gasteiger partial charge in [-0.05, 0) is 43.5 Å². The van der Waals surface area contributed by atoms with E-state index in [4.69, 9.17) is 4.74 Å². The Morgan fingerprint density at radius 2 is 2.14 bits per heavy atom. The van der Waals surface area contributed by atoms with Crippen molar-refractivity contribution in [1.29, 1.82) is 0 Å². The maximum absolute atomic E-state index is 13.1. The predicted octanol–water partition coefficient (Wildman–Crippen LogP) is 1.24. The van der Waals surface area contributed by atoms with E-state index in [1.54, 1.807) is 0 Å². The number of rotatable bonds is 10. The van der Waals surface area contributed by atoms with Crippen molar-refractivity contribution in [2.75, 3.05) is 44.6 Å². The average molecular weight is 489 g/mol. The summed E-state index contributed by atoms with van der Waals surface area (Å²) in [6.45, 7) is 4.94. The highest BCUT2D eigenvalue weighted by molar-refractivity contribution is 5.94. The fourth-order valence-corrected chi connectivity index (χ4v) is 4.15. The number of carbonyl (C=O) groups excluding carboxylic acids is 2. The number of carbonyl (C=O) groups is 3. The number of aliphatic carboxylic acids is 1. The number of piperidine rings is 1. The van der Waals surface area contributed by atoms with Crippen LogP contribution in [0.4, 0.5) is 10.5 Å². The number of hydrogen-bond acceptors (Lipinski definition) is 8. The number of benzene rings is 1. The van der Waals surface area contributed by atoms with Crippen LogP contribution in [0.1, 0.15) is 44.1 Å². The maximum atomic E-state index is 13.1. The molecule has 3 rings (SSSR count). The van der Waals surface area contributed by atoms with Crippen molar-refractivity contribution in [3.8, 4) is 0 Å². The van der Waals surface area contributed by atoms with Gasteiger partial charge in [0.2, 0.25) is 5.91 Å². The second kappa shape index (κ2) is 13.5. The van der Waals surface area contributed by atoms with E-state index in [0.29, 0.717) is 25.9 Å². The molecule has 11 nitrogen and oxygen atoms in total. The van der Waals surface area contributed by atoms with Crippen molar-refractivity contribution < 1.29 is 24.2 Å². The van der Waals surface area contributed by atoms with E-state index in [2.05, 4.69) is 31.6 Å². The molecule has 0 spiro atoms. The summed E-state index contributed by atoms with van der Waals surface area (Å²) < 4.78 is 4.97. The van der Waals surface area contributed by atoms with Gasteiger partial charge in [-0.2, -0.15) is 0 Å². The number of guanidine groups is 1. The number of nitrogens with one attached hydrogen (secondary N) is 5. The molecular formula is C24H36N6O5. The number of anilines is 1. The Kier molecular flexibility index (Phi) is 10.1. The third-order valence-corrected chi connectivity index (χ3v) is 6.10. The van der Waals surface area contributed by atoms with Gasteiger partial charge < -0.3 is 36.4 Å². The van der Waals surface area contributed by atoms with Gasteiger partial charge in [-0.1, -0.05) is 25.5 Å². The molecule has 0 aromatic heterocycles. The van der Waals surface area contributed by atoms with Crippen LogP contribution in [0.3, 0.4) is 0 Å². The molecule has 3 atom stereocenters. The molecule has 35 heavy (non-hydrogen) atoms. The summed E-state index contributed by atoms with van der Waals surface area (Å²) in [6.07, 6.45) is 2.37. The van der Waals surface area contributed by atoms with Crippen molar-refractivity contribution in [3.63, 3.8) is 0 Å². The number of amides is 2. The highest BCUT2D eigenvalue weighted by atomic mass is 16.5. The topological polar surface area (TPSA) is 153 Å². The van der Waals surface area contributed by atoms with Crippen LogP contribution < -0.4 is 26.6 Å². The van der Waals surface area contributed by atoms with Gasteiger partial charge in [-0.15, -0.1) is 0 Å². The van der Waals surface area contributed by atoms with Gasteiger partial charge in [0, 0.05) is 43.7 Å². The number of unbranched alkanes of at least 4 members (excludes halogenated alkanes) is 1. The zero-order valence-electron chi connectivity index (χ0n) is 20.1. The summed E-state index contributed by atoms with van der Waals surface area (Å²) in [5.41, 5.74) is 1.89. The largest absolute Gasteiger partial charge is 0.480 e. The Morgan fingerprint density at radius 3 is 2.89 bits per heavy atom. The maximum Gasteiger partial charge on any atom is 0.407 e. The van der Waals surface area contributed by atoms with Crippen LogP contribution in [-0.4, -0.2) is 74.4 Å². The average Bonchev–Trinajstić information content (AvgIpc) is 2.87. The minimum Gasteiger partial charge on any atom is -0.480 e. The van der Waals surface area contributed by atoms with Gasteiger partial charge in [0.15, 0.2) is 5.96 Å². The molecule has 192 valence electrons. The summed E-state index contributed by atoms with van der Waals surface area (Å²) in [5.74, 6) is -1.15. The molecule has 1 saturated heterocycles. The Labute approximate surface area is 205 Å². The molecule has 2 unspecified atom stereocenters. The SMILES string of the molecule is CCCCOC(=O)N[C@@H](CNC(=O)C1CCNCC1c1cccc(NC2=NCCCN2)c1)C(=O)O. The highest BCUT2D eigenvalue weighted by Crippen LogP contribution is 2.31. The number of hydrogen-bond donors (Lipinski definition) is 6. The first-order chi connectivity index (χ1) is 17.0. The third-order valence-electron chi connectivity index (χ3n) is 6.10. The third kappa shape index (κ3) is 8.13. The van der Waals surface area contributed by atoms with Crippen LogP contribution in [0.25, 0.3) is 0 Å². The molecule has 0 radical (unpaired) electrons. The van der Waals surface area contributed by atoms with Gasteiger partial charge in [-0.25, -0.2) is 9.59 Å². The van der Waals surface area contributed by atoms with Crippen molar-refractivity contribution in [3.05, 3.63) is 29.8 Å². The lowest BCUT2D eigenvalue weighted by Gasteiger charge is -2.32. The first kappa shape index (κ1) is 26.3. The molecule has 1 aromatic rings. The molecule has 2 aliphatic heterocycles. The molecule has 0 saturated carbocycles.